The summed E-state index contributed by atoms with van der Waals surface area (Å²) in [6.45, 7) is 4.11. The van der Waals surface area contributed by atoms with Gasteiger partial charge in [0.05, 0.1) is 6.61 Å². The van der Waals surface area contributed by atoms with E-state index >= 15 is 0 Å². The van der Waals surface area contributed by atoms with E-state index in [1.54, 1.807) is 0 Å². The highest BCUT2D eigenvalue weighted by molar-refractivity contribution is 5.14. The van der Waals surface area contributed by atoms with Gasteiger partial charge in [-0.1, -0.05) is 30.3 Å². The van der Waals surface area contributed by atoms with Crippen LogP contribution in [0.5, 0.6) is 0 Å². The largest absolute Gasteiger partial charge is 0.365 e. The van der Waals surface area contributed by atoms with Crippen LogP contribution in [0.25, 0.3) is 0 Å². The van der Waals surface area contributed by atoms with Crippen molar-refractivity contribution in [2.24, 2.45) is 0 Å². The van der Waals surface area contributed by atoms with E-state index in [1.807, 2.05) is 44.2 Å². The first-order valence-corrected chi connectivity index (χ1v) is 7.50. The zero-order chi connectivity index (χ0) is 15.4. The molecule has 0 radical (unpaired) electrons. The summed E-state index contributed by atoms with van der Waals surface area (Å²) in [5.41, 5.74) is 1.05. The van der Waals surface area contributed by atoms with Gasteiger partial charge in [0.25, 0.3) is 0 Å². The summed E-state index contributed by atoms with van der Waals surface area (Å²) < 4.78 is 28.9. The smallest absolute Gasteiger partial charge is 0.222 e. The lowest BCUT2D eigenvalue weighted by molar-refractivity contribution is -0.307. The van der Waals surface area contributed by atoms with Gasteiger partial charge in [0, 0.05) is 0 Å². The summed E-state index contributed by atoms with van der Waals surface area (Å²) in [7, 11) is 0. The molecule has 4 rings (SSSR count). The van der Waals surface area contributed by atoms with Crippen molar-refractivity contribution in [2.75, 3.05) is 6.61 Å². The van der Waals surface area contributed by atoms with Crippen molar-refractivity contribution in [1.29, 1.82) is 0 Å². The predicted octanol–water partition coefficient (Wildman–Crippen LogP) is 1.17. The predicted molar refractivity (Wildman–Crippen MR) is 74.6 cm³/mol. The highest BCUT2D eigenvalue weighted by Crippen LogP contribution is 2.46. The molecule has 0 amide bonds. The molecule has 1 N–H and O–H groups in total. The van der Waals surface area contributed by atoms with Crippen LogP contribution in [0.4, 0.5) is 0 Å². The van der Waals surface area contributed by atoms with Crippen molar-refractivity contribution in [3.8, 4) is 0 Å². The minimum atomic E-state index is -1.46. The van der Waals surface area contributed by atoms with Gasteiger partial charge in [-0.15, -0.1) is 0 Å². The Hall–Kier alpha value is -1.02. The molecular formula is C16H20O6. The number of ether oxygens (including phenoxy) is 5. The molecule has 1 aromatic carbocycles. The van der Waals surface area contributed by atoms with Gasteiger partial charge in [0.1, 0.15) is 24.9 Å². The Balaban J connectivity index is 1.54. The van der Waals surface area contributed by atoms with Gasteiger partial charge in [0.15, 0.2) is 12.1 Å². The molecule has 6 heteroatoms. The van der Waals surface area contributed by atoms with E-state index in [1.165, 1.54) is 0 Å². The van der Waals surface area contributed by atoms with E-state index < -0.39 is 36.2 Å². The summed E-state index contributed by atoms with van der Waals surface area (Å²) in [6, 6.07) is 9.86. The Morgan fingerprint density at radius 2 is 1.95 bits per heavy atom. The van der Waals surface area contributed by atoms with Gasteiger partial charge in [0.2, 0.25) is 5.79 Å². The van der Waals surface area contributed by atoms with Crippen LogP contribution in [0.2, 0.25) is 0 Å². The molecular weight excluding hydrogens is 288 g/mol. The molecule has 5 atom stereocenters. The van der Waals surface area contributed by atoms with Crippen LogP contribution in [0.1, 0.15) is 19.4 Å². The van der Waals surface area contributed by atoms with E-state index in [9.17, 15) is 5.11 Å². The molecule has 3 aliphatic rings. The standard InChI is InChI=1S/C16H20O6/c1-15(2)20-11-12(18-8-10-6-4-3-5-7-10)14-19-9-16(17,22-14)13(11)21-15/h3-7,11-14,17H,8-9H2,1-2H3/t11-,12-,13-,14+,16+/m1/s1. The SMILES string of the molecule is CC1(C)O[C@@H]2[C@@H](OCc3ccccc3)[C@H]3OC[C@](O)(O3)[C@@H]2O1. The minimum Gasteiger partial charge on any atom is -0.365 e. The van der Waals surface area contributed by atoms with Crippen molar-refractivity contribution in [3.63, 3.8) is 0 Å². The van der Waals surface area contributed by atoms with Crippen molar-refractivity contribution < 1.29 is 28.8 Å². The zero-order valence-electron chi connectivity index (χ0n) is 12.6. The van der Waals surface area contributed by atoms with Crippen LogP contribution in [-0.2, 0) is 30.3 Å². The number of fused-ring (bicyclic) bond motifs is 4. The van der Waals surface area contributed by atoms with Gasteiger partial charge in [-0.05, 0) is 19.4 Å². The van der Waals surface area contributed by atoms with Gasteiger partial charge < -0.3 is 28.8 Å². The average Bonchev–Trinajstić information content (AvgIpc) is 3.00. The first-order valence-electron chi connectivity index (χ1n) is 7.50. The van der Waals surface area contributed by atoms with Crippen molar-refractivity contribution >= 4 is 0 Å². The summed E-state index contributed by atoms with van der Waals surface area (Å²) in [6.07, 6.45) is -2.14. The van der Waals surface area contributed by atoms with Gasteiger partial charge >= 0.3 is 0 Å². The maximum absolute atomic E-state index is 10.5. The average molecular weight is 308 g/mol. The Kier molecular flexibility index (Phi) is 3.30. The van der Waals surface area contributed by atoms with Crippen LogP contribution >= 0.6 is 0 Å². The lowest BCUT2D eigenvalue weighted by atomic mass is 9.98. The fraction of sp³-hybridized carbons (Fsp3) is 0.625. The fourth-order valence-electron chi connectivity index (χ4n) is 3.25. The van der Waals surface area contributed by atoms with Crippen LogP contribution < -0.4 is 0 Å². The third-order valence-electron chi connectivity index (χ3n) is 4.23. The first-order chi connectivity index (χ1) is 10.5. The quantitative estimate of drug-likeness (QED) is 0.904. The van der Waals surface area contributed by atoms with Crippen LogP contribution in [0.15, 0.2) is 30.3 Å². The molecule has 0 spiro atoms. The molecule has 120 valence electrons. The zero-order valence-corrected chi connectivity index (χ0v) is 12.6. The Morgan fingerprint density at radius 3 is 2.73 bits per heavy atom. The Bertz CT molecular complexity index is 547. The first kappa shape index (κ1) is 14.6. The highest BCUT2D eigenvalue weighted by Gasteiger charge is 2.66. The van der Waals surface area contributed by atoms with Gasteiger partial charge in [-0.3, -0.25) is 0 Å². The molecule has 3 aliphatic heterocycles. The number of hydrogen-bond acceptors (Lipinski definition) is 6. The second kappa shape index (κ2) is 4.99. The molecule has 0 aromatic heterocycles. The van der Waals surface area contributed by atoms with Crippen LogP contribution in [0, 0.1) is 0 Å². The van der Waals surface area contributed by atoms with Crippen molar-refractivity contribution in [2.45, 2.75) is 56.6 Å². The third kappa shape index (κ3) is 2.36. The topological polar surface area (TPSA) is 66.4 Å². The number of rotatable bonds is 3. The van der Waals surface area contributed by atoms with Gasteiger partial charge in [-0.25, -0.2) is 0 Å². The van der Waals surface area contributed by atoms with Crippen molar-refractivity contribution in [1.82, 2.24) is 0 Å². The summed E-state index contributed by atoms with van der Waals surface area (Å²) >= 11 is 0. The second-order valence-corrected chi connectivity index (χ2v) is 6.42. The molecule has 0 saturated carbocycles. The van der Waals surface area contributed by atoms with E-state index in [0.717, 1.165) is 5.56 Å². The Morgan fingerprint density at radius 1 is 1.18 bits per heavy atom. The summed E-state index contributed by atoms with van der Waals surface area (Å²) in [5, 5.41) is 10.5. The van der Waals surface area contributed by atoms with E-state index in [-0.39, 0.29) is 6.61 Å². The van der Waals surface area contributed by atoms with Crippen molar-refractivity contribution in [3.05, 3.63) is 35.9 Å². The monoisotopic (exact) mass is 308 g/mol. The Labute approximate surface area is 128 Å². The maximum atomic E-state index is 10.5. The molecule has 3 saturated heterocycles. The molecule has 3 fully saturated rings. The third-order valence-corrected chi connectivity index (χ3v) is 4.23. The lowest BCUT2D eigenvalue weighted by Crippen LogP contribution is -2.60. The molecule has 0 unspecified atom stereocenters. The number of hydrogen-bond donors (Lipinski definition) is 1. The second-order valence-electron chi connectivity index (χ2n) is 6.42. The van der Waals surface area contributed by atoms with Gasteiger partial charge in [-0.2, -0.15) is 0 Å². The molecule has 3 heterocycles. The number of aliphatic hydroxyl groups is 1. The minimum absolute atomic E-state index is 0.0590. The molecule has 1 aromatic rings. The maximum Gasteiger partial charge on any atom is 0.222 e. The number of benzene rings is 1. The molecule has 22 heavy (non-hydrogen) atoms. The summed E-state index contributed by atoms with van der Waals surface area (Å²) in [5.74, 6) is -2.25. The van der Waals surface area contributed by atoms with Crippen LogP contribution in [0.3, 0.4) is 0 Å². The lowest BCUT2D eigenvalue weighted by Gasteiger charge is -2.38. The van der Waals surface area contributed by atoms with E-state index in [2.05, 4.69) is 0 Å². The molecule has 6 nitrogen and oxygen atoms in total. The highest BCUT2D eigenvalue weighted by atomic mass is 16.8. The molecule has 2 bridgehead atoms. The van der Waals surface area contributed by atoms with Crippen LogP contribution in [-0.4, -0.2) is 47.9 Å². The molecule has 0 aliphatic carbocycles. The summed E-state index contributed by atoms with van der Waals surface area (Å²) in [4.78, 5) is 0. The van der Waals surface area contributed by atoms with E-state index in [4.69, 9.17) is 23.7 Å². The normalized spacial score (nSPS) is 42.3. The van der Waals surface area contributed by atoms with E-state index in [0.29, 0.717) is 6.61 Å². The fourth-order valence-corrected chi connectivity index (χ4v) is 3.25.